The Bertz CT molecular complexity index is 1060. The summed E-state index contributed by atoms with van der Waals surface area (Å²) in [7, 11) is 4.61. The van der Waals surface area contributed by atoms with Crippen molar-refractivity contribution < 1.29 is 23.4 Å². The zero-order chi connectivity index (χ0) is 20.5. The van der Waals surface area contributed by atoms with Crippen LogP contribution in [-0.2, 0) is 4.79 Å². The van der Waals surface area contributed by atoms with Gasteiger partial charge in [-0.15, -0.1) is 0 Å². The van der Waals surface area contributed by atoms with Crippen LogP contribution in [0.3, 0.4) is 0 Å². The van der Waals surface area contributed by atoms with Crippen LogP contribution < -0.4 is 19.5 Å². The number of carbonyl (C=O) groups is 1. The summed E-state index contributed by atoms with van der Waals surface area (Å²) >= 11 is 0. The van der Waals surface area contributed by atoms with Crippen LogP contribution in [0.4, 0.5) is 10.1 Å². The Morgan fingerprint density at radius 3 is 2.48 bits per heavy atom. The molecule has 0 saturated carbocycles. The van der Waals surface area contributed by atoms with Gasteiger partial charge in [-0.1, -0.05) is 0 Å². The van der Waals surface area contributed by atoms with Crippen LogP contribution in [0, 0.1) is 5.82 Å². The van der Waals surface area contributed by atoms with Gasteiger partial charge in [-0.25, -0.2) is 9.07 Å². The average molecular weight is 397 g/mol. The van der Waals surface area contributed by atoms with E-state index in [-0.39, 0.29) is 24.1 Å². The van der Waals surface area contributed by atoms with Gasteiger partial charge in [-0.3, -0.25) is 4.79 Å². The zero-order valence-corrected chi connectivity index (χ0v) is 16.2. The monoisotopic (exact) mass is 397 g/mol. The Labute approximate surface area is 167 Å². The van der Waals surface area contributed by atoms with Crippen molar-refractivity contribution in [2.24, 2.45) is 0 Å². The molecule has 1 aromatic heterocycles. The van der Waals surface area contributed by atoms with E-state index in [0.717, 1.165) is 16.8 Å². The number of nitrogens with one attached hydrogen (secondary N) is 1. The SMILES string of the molecule is COc1cc2c(c(OC)c1OC)C(c1cnn(-c3ccc(F)cc3)c1)CC(=O)N2. The lowest BCUT2D eigenvalue weighted by Crippen LogP contribution is -2.24. The fourth-order valence-electron chi connectivity index (χ4n) is 3.65. The van der Waals surface area contributed by atoms with Crippen LogP contribution in [0.15, 0.2) is 42.7 Å². The Kier molecular flexibility index (Phi) is 4.84. The second-order valence-electron chi connectivity index (χ2n) is 6.61. The quantitative estimate of drug-likeness (QED) is 0.713. The third-order valence-electron chi connectivity index (χ3n) is 4.98. The molecule has 8 heteroatoms. The first-order valence-electron chi connectivity index (χ1n) is 8.99. The van der Waals surface area contributed by atoms with Gasteiger partial charge >= 0.3 is 0 Å². The number of halogens is 1. The first-order valence-corrected chi connectivity index (χ1v) is 8.99. The molecule has 0 fully saturated rings. The van der Waals surface area contributed by atoms with Gasteiger partial charge in [0.1, 0.15) is 5.82 Å². The molecule has 1 unspecified atom stereocenters. The molecule has 2 aromatic carbocycles. The normalized spacial score (nSPS) is 15.4. The van der Waals surface area contributed by atoms with E-state index in [0.29, 0.717) is 22.9 Å². The van der Waals surface area contributed by atoms with Crippen molar-refractivity contribution in [3.05, 3.63) is 59.7 Å². The lowest BCUT2D eigenvalue weighted by Gasteiger charge is -2.28. The number of hydrogen-bond acceptors (Lipinski definition) is 5. The minimum absolute atomic E-state index is 0.119. The molecule has 4 rings (SSSR count). The van der Waals surface area contributed by atoms with Gasteiger partial charge in [0.25, 0.3) is 0 Å². The number of nitrogens with zero attached hydrogens (tertiary/aromatic N) is 2. The van der Waals surface area contributed by atoms with Crippen LogP contribution in [0.5, 0.6) is 17.2 Å². The molecule has 29 heavy (non-hydrogen) atoms. The van der Waals surface area contributed by atoms with E-state index < -0.39 is 0 Å². The minimum atomic E-state index is -0.315. The Morgan fingerprint density at radius 2 is 1.83 bits per heavy atom. The van der Waals surface area contributed by atoms with Crippen LogP contribution in [0.1, 0.15) is 23.5 Å². The van der Waals surface area contributed by atoms with Gasteiger partial charge in [0, 0.05) is 30.2 Å². The summed E-state index contributed by atoms with van der Waals surface area (Å²) in [5, 5.41) is 7.27. The Hall–Kier alpha value is -3.55. The second kappa shape index (κ2) is 7.46. The van der Waals surface area contributed by atoms with Crippen molar-refractivity contribution in [1.82, 2.24) is 9.78 Å². The van der Waals surface area contributed by atoms with E-state index in [2.05, 4.69) is 10.4 Å². The van der Waals surface area contributed by atoms with Crippen molar-refractivity contribution >= 4 is 11.6 Å². The first-order chi connectivity index (χ1) is 14.0. The van der Waals surface area contributed by atoms with Gasteiger partial charge < -0.3 is 19.5 Å². The zero-order valence-electron chi connectivity index (χ0n) is 16.2. The van der Waals surface area contributed by atoms with Crippen LogP contribution >= 0.6 is 0 Å². The smallest absolute Gasteiger partial charge is 0.225 e. The van der Waals surface area contributed by atoms with Crippen LogP contribution in [0.2, 0.25) is 0 Å². The highest BCUT2D eigenvalue weighted by Gasteiger charge is 2.34. The molecule has 0 radical (unpaired) electrons. The summed E-state index contributed by atoms with van der Waals surface area (Å²) < 4.78 is 31.4. The summed E-state index contributed by atoms with van der Waals surface area (Å²) in [6, 6.07) is 7.76. The van der Waals surface area contributed by atoms with E-state index in [1.165, 1.54) is 26.4 Å². The lowest BCUT2D eigenvalue weighted by atomic mass is 9.85. The molecule has 1 amide bonds. The number of anilines is 1. The van der Waals surface area contributed by atoms with Crippen molar-refractivity contribution in [3.8, 4) is 22.9 Å². The fraction of sp³-hybridized carbons (Fsp3) is 0.238. The number of aromatic nitrogens is 2. The number of rotatable bonds is 5. The molecule has 1 N–H and O–H groups in total. The van der Waals surface area contributed by atoms with E-state index in [1.807, 2.05) is 6.20 Å². The van der Waals surface area contributed by atoms with E-state index in [9.17, 15) is 9.18 Å². The van der Waals surface area contributed by atoms with E-state index in [1.54, 1.807) is 36.2 Å². The van der Waals surface area contributed by atoms with Gasteiger partial charge in [-0.2, -0.15) is 5.10 Å². The molecule has 0 spiro atoms. The van der Waals surface area contributed by atoms with Crippen LogP contribution in [0.25, 0.3) is 5.69 Å². The third kappa shape index (κ3) is 3.26. The number of methoxy groups -OCH3 is 3. The molecule has 0 bridgehead atoms. The molecular formula is C21H20FN3O4. The Morgan fingerprint density at radius 1 is 1.10 bits per heavy atom. The number of ether oxygens (including phenoxy) is 3. The highest BCUT2D eigenvalue weighted by molar-refractivity contribution is 5.97. The number of amides is 1. The van der Waals surface area contributed by atoms with Crippen molar-refractivity contribution in [1.29, 1.82) is 0 Å². The summed E-state index contributed by atoms with van der Waals surface area (Å²) in [4.78, 5) is 12.4. The van der Waals surface area contributed by atoms with Gasteiger partial charge in [0.05, 0.1) is 38.9 Å². The molecule has 1 aliphatic heterocycles. The number of hydrogen-bond donors (Lipinski definition) is 1. The van der Waals surface area contributed by atoms with Gasteiger partial charge in [-0.05, 0) is 29.8 Å². The third-order valence-corrected chi connectivity index (χ3v) is 4.98. The molecule has 0 aliphatic carbocycles. The largest absolute Gasteiger partial charge is 0.493 e. The van der Waals surface area contributed by atoms with Gasteiger partial charge in [0.15, 0.2) is 11.5 Å². The topological polar surface area (TPSA) is 74.6 Å². The molecule has 7 nitrogen and oxygen atoms in total. The maximum atomic E-state index is 13.2. The minimum Gasteiger partial charge on any atom is -0.493 e. The first kappa shape index (κ1) is 18.8. The molecular weight excluding hydrogens is 377 g/mol. The van der Waals surface area contributed by atoms with E-state index in [4.69, 9.17) is 14.2 Å². The molecule has 1 atom stereocenters. The molecule has 0 saturated heterocycles. The number of fused-ring (bicyclic) bond motifs is 1. The molecule has 150 valence electrons. The number of carbonyl (C=O) groups excluding carboxylic acids is 1. The summed E-state index contributed by atoms with van der Waals surface area (Å²) in [5.74, 6) is 0.701. The lowest BCUT2D eigenvalue weighted by molar-refractivity contribution is -0.116. The second-order valence-corrected chi connectivity index (χ2v) is 6.61. The fourth-order valence-corrected chi connectivity index (χ4v) is 3.65. The Balaban J connectivity index is 1.83. The summed E-state index contributed by atoms with van der Waals surface area (Å²) in [6.45, 7) is 0. The molecule has 3 aromatic rings. The van der Waals surface area contributed by atoms with Crippen LogP contribution in [-0.4, -0.2) is 37.0 Å². The standard InChI is InChI=1S/C21H20FN3O4/c1-27-17-9-16-19(21(29-3)20(17)28-2)15(8-18(26)24-16)12-10-23-25(11-12)14-6-4-13(22)5-7-14/h4-7,9-11,15H,8H2,1-3H3,(H,24,26). The van der Waals surface area contributed by atoms with Crippen molar-refractivity contribution in [3.63, 3.8) is 0 Å². The van der Waals surface area contributed by atoms with E-state index >= 15 is 0 Å². The summed E-state index contributed by atoms with van der Waals surface area (Å²) in [6.07, 6.45) is 3.76. The predicted molar refractivity (Wildman–Crippen MR) is 105 cm³/mol. The highest BCUT2D eigenvalue weighted by atomic mass is 19.1. The highest BCUT2D eigenvalue weighted by Crippen LogP contribution is 2.51. The maximum Gasteiger partial charge on any atom is 0.225 e. The summed E-state index contributed by atoms with van der Waals surface area (Å²) in [5.41, 5.74) is 2.95. The average Bonchev–Trinajstić information content (AvgIpc) is 3.22. The molecule has 2 heterocycles. The van der Waals surface area contributed by atoms with Crippen molar-refractivity contribution in [2.45, 2.75) is 12.3 Å². The molecule has 1 aliphatic rings. The van der Waals surface area contributed by atoms with Crippen molar-refractivity contribution in [2.75, 3.05) is 26.6 Å². The predicted octanol–water partition coefficient (Wildman–Crippen LogP) is 3.51. The maximum absolute atomic E-state index is 13.2. The number of benzene rings is 2. The van der Waals surface area contributed by atoms with Gasteiger partial charge in [0.2, 0.25) is 11.7 Å².